The lowest BCUT2D eigenvalue weighted by Crippen LogP contribution is -2.39. The van der Waals surface area contributed by atoms with Crippen molar-refractivity contribution in [2.75, 3.05) is 26.7 Å². The minimum absolute atomic E-state index is 0.174. The number of nitrogens with zero attached hydrogens (tertiary/aromatic N) is 3. The van der Waals surface area contributed by atoms with E-state index in [2.05, 4.69) is 15.3 Å². The van der Waals surface area contributed by atoms with Crippen LogP contribution in [-0.4, -0.2) is 52.4 Å². The molecule has 0 aliphatic carbocycles. The van der Waals surface area contributed by atoms with E-state index in [1.807, 2.05) is 10.9 Å². The summed E-state index contributed by atoms with van der Waals surface area (Å²) < 4.78 is 14.8. The second-order valence-corrected chi connectivity index (χ2v) is 6.38. The van der Waals surface area contributed by atoms with Crippen LogP contribution in [0.3, 0.4) is 0 Å². The van der Waals surface area contributed by atoms with Crippen molar-refractivity contribution in [3.8, 4) is 0 Å². The molecule has 2 unspecified atom stereocenters. The Morgan fingerprint density at radius 3 is 2.88 bits per heavy atom. The zero-order chi connectivity index (χ0) is 17.8. The van der Waals surface area contributed by atoms with Crippen molar-refractivity contribution in [3.63, 3.8) is 0 Å². The third kappa shape index (κ3) is 4.24. The number of benzene rings is 1. The van der Waals surface area contributed by atoms with Gasteiger partial charge in [0.15, 0.2) is 0 Å². The summed E-state index contributed by atoms with van der Waals surface area (Å²) in [6, 6.07) is 7.84. The first-order valence-corrected chi connectivity index (χ1v) is 8.50. The Morgan fingerprint density at radius 2 is 2.16 bits per heavy atom. The number of hydrogen-bond donors (Lipinski definition) is 2. The molecule has 1 amide bonds. The maximum Gasteiger partial charge on any atom is 0.271 e. The van der Waals surface area contributed by atoms with E-state index in [9.17, 15) is 14.3 Å². The summed E-state index contributed by atoms with van der Waals surface area (Å²) in [5, 5.41) is 17.3. The van der Waals surface area contributed by atoms with Gasteiger partial charge in [-0.3, -0.25) is 14.4 Å². The molecule has 0 radical (unpaired) electrons. The van der Waals surface area contributed by atoms with Crippen molar-refractivity contribution in [3.05, 3.63) is 53.6 Å². The van der Waals surface area contributed by atoms with Crippen LogP contribution in [0.4, 0.5) is 4.39 Å². The van der Waals surface area contributed by atoms with Gasteiger partial charge in [-0.1, -0.05) is 12.1 Å². The van der Waals surface area contributed by atoms with Gasteiger partial charge in [-0.15, -0.1) is 0 Å². The number of aliphatic hydroxyl groups is 1. The Balaban J connectivity index is 1.62. The number of aliphatic hydroxyl groups excluding tert-OH is 1. The van der Waals surface area contributed by atoms with Gasteiger partial charge in [0.05, 0.1) is 12.1 Å². The molecule has 0 spiro atoms. The Bertz CT molecular complexity index is 716. The molecule has 2 N–H and O–H groups in total. The first-order valence-electron chi connectivity index (χ1n) is 8.50. The normalized spacial score (nSPS) is 19.6. The van der Waals surface area contributed by atoms with E-state index in [4.69, 9.17) is 0 Å². The van der Waals surface area contributed by atoms with Crippen LogP contribution in [0.1, 0.15) is 41.0 Å². The fraction of sp³-hybridized carbons (Fsp3) is 0.444. The van der Waals surface area contributed by atoms with Gasteiger partial charge < -0.3 is 10.4 Å². The number of hydrogen-bond acceptors (Lipinski definition) is 4. The van der Waals surface area contributed by atoms with Gasteiger partial charge in [-0.25, -0.2) is 4.39 Å². The molecule has 1 aromatic heterocycles. The smallest absolute Gasteiger partial charge is 0.271 e. The van der Waals surface area contributed by atoms with Crippen LogP contribution in [0.5, 0.6) is 0 Å². The maximum absolute atomic E-state index is 13.0. The minimum atomic E-state index is -0.654. The number of piperidine rings is 1. The van der Waals surface area contributed by atoms with Gasteiger partial charge in [0.2, 0.25) is 0 Å². The molecule has 2 aromatic rings. The molecule has 2 heterocycles. The highest BCUT2D eigenvalue weighted by molar-refractivity contribution is 5.91. The van der Waals surface area contributed by atoms with Crippen LogP contribution in [0.15, 0.2) is 36.5 Å². The van der Waals surface area contributed by atoms with Gasteiger partial charge >= 0.3 is 0 Å². The molecule has 1 fully saturated rings. The molecule has 0 saturated carbocycles. The number of carbonyl (C=O) groups is 1. The monoisotopic (exact) mass is 346 g/mol. The van der Waals surface area contributed by atoms with Crippen molar-refractivity contribution < 1.29 is 14.3 Å². The molecule has 134 valence electrons. The lowest BCUT2D eigenvalue weighted by atomic mass is 10.0. The summed E-state index contributed by atoms with van der Waals surface area (Å²) in [5.74, 6) is -0.502. The van der Waals surface area contributed by atoms with Gasteiger partial charge in [-0.2, -0.15) is 5.10 Å². The molecule has 2 atom stereocenters. The molecule has 7 heteroatoms. The first kappa shape index (κ1) is 17.6. The topological polar surface area (TPSA) is 70.4 Å². The second-order valence-electron chi connectivity index (χ2n) is 6.38. The third-order valence-corrected chi connectivity index (χ3v) is 4.61. The molecule has 25 heavy (non-hydrogen) atoms. The van der Waals surface area contributed by atoms with E-state index in [1.165, 1.54) is 12.1 Å². The molecule has 1 aliphatic rings. The fourth-order valence-corrected chi connectivity index (χ4v) is 3.24. The predicted molar refractivity (Wildman–Crippen MR) is 91.7 cm³/mol. The summed E-state index contributed by atoms with van der Waals surface area (Å²) in [6.45, 7) is 2.15. The van der Waals surface area contributed by atoms with E-state index >= 15 is 0 Å². The minimum Gasteiger partial charge on any atom is -0.387 e. The van der Waals surface area contributed by atoms with Crippen LogP contribution in [0.25, 0.3) is 0 Å². The Morgan fingerprint density at radius 1 is 1.40 bits per heavy atom. The van der Waals surface area contributed by atoms with E-state index in [0.717, 1.165) is 25.9 Å². The average Bonchev–Trinajstić information content (AvgIpc) is 3.12. The lowest BCUT2D eigenvalue weighted by Gasteiger charge is -2.34. The van der Waals surface area contributed by atoms with Crippen molar-refractivity contribution in [2.45, 2.75) is 25.0 Å². The summed E-state index contributed by atoms with van der Waals surface area (Å²) in [5.41, 5.74) is 1.12. The van der Waals surface area contributed by atoms with Crippen LogP contribution < -0.4 is 5.32 Å². The number of halogens is 1. The highest BCUT2D eigenvalue weighted by Gasteiger charge is 2.24. The van der Waals surface area contributed by atoms with Crippen LogP contribution in [-0.2, 0) is 0 Å². The quantitative estimate of drug-likeness (QED) is 0.865. The summed E-state index contributed by atoms with van der Waals surface area (Å²) in [6.07, 6.45) is 3.15. The van der Waals surface area contributed by atoms with Gasteiger partial charge in [0.25, 0.3) is 5.91 Å². The predicted octanol–water partition coefficient (Wildman–Crippen LogP) is 1.75. The number of likely N-dealkylation sites (tertiary alicyclic amines) is 1. The summed E-state index contributed by atoms with van der Waals surface area (Å²) in [7, 11) is 1.58. The molecule has 1 aliphatic heterocycles. The highest BCUT2D eigenvalue weighted by atomic mass is 19.1. The molecule has 1 saturated heterocycles. The molecule has 3 rings (SSSR count). The summed E-state index contributed by atoms with van der Waals surface area (Å²) in [4.78, 5) is 13.8. The molecule has 0 bridgehead atoms. The largest absolute Gasteiger partial charge is 0.387 e. The molecular formula is C18H23FN4O2. The van der Waals surface area contributed by atoms with Crippen molar-refractivity contribution in [1.29, 1.82) is 0 Å². The van der Waals surface area contributed by atoms with Crippen LogP contribution in [0, 0.1) is 5.82 Å². The summed E-state index contributed by atoms with van der Waals surface area (Å²) >= 11 is 0. The highest BCUT2D eigenvalue weighted by Crippen LogP contribution is 2.23. The van der Waals surface area contributed by atoms with Gasteiger partial charge in [0.1, 0.15) is 11.5 Å². The van der Waals surface area contributed by atoms with E-state index < -0.39 is 6.10 Å². The van der Waals surface area contributed by atoms with Gasteiger partial charge in [0, 0.05) is 26.3 Å². The number of amides is 1. The standard InChI is InChI=1S/C18H23FN4O2/c1-20-18(25)16-8-10-23(21-16)15-3-2-9-22(11-15)12-17(24)13-4-6-14(19)7-5-13/h4-8,10,15,17,24H,2-3,9,11-12H2,1H3,(H,20,25). The van der Waals surface area contributed by atoms with E-state index in [0.29, 0.717) is 17.8 Å². The second kappa shape index (κ2) is 7.76. The van der Waals surface area contributed by atoms with E-state index in [-0.39, 0.29) is 17.8 Å². The number of carbonyl (C=O) groups excluding carboxylic acids is 1. The maximum atomic E-state index is 13.0. The molecule has 6 nitrogen and oxygen atoms in total. The Hall–Kier alpha value is -2.25. The van der Waals surface area contributed by atoms with Crippen molar-refractivity contribution in [2.24, 2.45) is 0 Å². The number of aromatic nitrogens is 2. The zero-order valence-electron chi connectivity index (χ0n) is 14.2. The average molecular weight is 346 g/mol. The molecular weight excluding hydrogens is 323 g/mol. The van der Waals surface area contributed by atoms with Crippen molar-refractivity contribution in [1.82, 2.24) is 20.0 Å². The van der Waals surface area contributed by atoms with Crippen molar-refractivity contribution >= 4 is 5.91 Å². The van der Waals surface area contributed by atoms with Crippen LogP contribution >= 0.6 is 0 Å². The van der Waals surface area contributed by atoms with E-state index in [1.54, 1.807) is 25.2 Å². The zero-order valence-corrected chi connectivity index (χ0v) is 14.2. The third-order valence-electron chi connectivity index (χ3n) is 4.61. The number of nitrogens with one attached hydrogen (secondary N) is 1. The number of rotatable bonds is 5. The molecule has 1 aromatic carbocycles. The lowest BCUT2D eigenvalue weighted by molar-refractivity contribution is 0.0836. The Kier molecular flexibility index (Phi) is 5.45. The SMILES string of the molecule is CNC(=O)c1ccn(C2CCCN(CC(O)c3ccc(F)cc3)C2)n1. The first-order chi connectivity index (χ1) is 12.1. The Labute approximate surface area is 146 Å². The van der Waals surface area contributed by atoms with Crippen LogP contribution in [0.2, 0.25) is 0 Å². The fourth-order valence-electron chi connectivity index (χ4n) is 3.24. The number of β-amino-alcohol motifs (C(OH)–C–C–N with tert-alkyl or cyclic N) is 1. The van der Waals surface area contributed by atoms with Gasteiger partial charge in [-0.05, 0) is 43.1 Å².